The van der Waals surface area contributed by atoms with Crippen molar-refractivity contribution in [2.24, 2.45) is 0 Å². The monoisotopic (exact) mass is 268 g/mol. The Bertz CT molecular complexity index is 395. The van der Waals surface area contributed by atoms with Gasteiger partial charge in [-0.05, 0) is 12.1 Å². The molecule has 2 rings (SSSR count). The molecule has 0 saturated carbocycles. The molecule has 106 valence electrons. The summed E-state index contributed by atoms with van der Waals surface area (Å²) in [5.74, 6) is 0.420. The van der Waals surface area contributed by atoms with Gasteiger partial charge in [-0.25, -0.2) is 4.39 Å². The molecular formula is C14H21FN2O2. The Hall–Kier alpha value is -1.17. The quantitative estimate of drug-likeness (QED) is 0.788. The summed E-state index contributed by atoms with van der Waals surface area (Å²) in [5, 5.41) is 3.29. The molecule has 0 bridgehead atoms. The third kappa shape index (κ3) is 4.16. The van der Waals surface area contributed by atoms with Crippen molar-refractivity contribution in [1.82, 2.24) is 10.2 Å². The van der Waals surface area contributed by atoms with Crippen LogP contribution in [0.2, 0.25) is 0 Å². The summed E-state index contributed by atoms with van der Waals surface area (Å²) in [6, 6.07) is 4.98. The molecule has 4 nitrogen and oxygen atoms in total. The molecule has 0 radical (unpaired) electrons. The van der Waals surface area contributed by atoms with E-state index in [0.717, 1.165) is 26.2 Å². The molecule has 1 fully saturated rings. The highest BCUT2D eigenvalue weighted by Crippen LogP contribution is 2.23. The van der Waals surface area contributed by atoms with E-state index in [1.54, 1.807) is 13.2 Å². The van der Waals surface area contributed by atoms with Gasteiger partial charge in [0, 0.05) is 45.4 Å². The molecule has 1 heterocycles. The molecule has 0 spiro atoms. The Morgan fingerprint density at radius 2 is 2.05 bits per heavy atom. The Morgan fingerprint density at radius 1 is 1.26 bits per heavy atom. The van der Waals surface area contributed by atoms with Gasteiger partial charge in [0.15, 0.2) is 0 Å². The maximum atomic E-state index is 14.0. The number of methoxy groups -OCH3 is 1. The topological polar surface area (TPSA) is 33.7 Å². The van der Waals surface area contributed by atoms with E-state index in [2.05, 4.69) is 10.2 Å². The number of hydrogen-bond acceptors (Lipinski definition) is 4. The van der Waals surface area contributed by atoms with Gasteiger partial charge < -0.3 is 14.8 Å². The summed E-state index contributed by atoms with van der Waals surface area (Å²) >= 11 is 0. The zero-order valence-corrected chi connectivity index (χ0v) is 11.3. The van der Waals surface area contributed by atoms with E-state index in [-0.39, 0.29) is 5.82 Å². The van der Waals surface area contributed by atoms with Crippen LogP contribution in [-0.4, -0.2) is 51.4 Å². The lowest BCUT2D eigenvalue weighted by molar-refractivity contribution is 0.144. The van der Waals surface area contributed by atoms with Crippen molar-refractivity contribution in [3.05, 3.63) is 29.6 Å². The second kappa shape index (κ2) is 7.43. The maximum Gasteiger partial charge on any atom is 0.131 e. The first-order valence-corrected chi connectivity index (χ1v) is 6.63. The highest BCUT2D eigenvalue weighted by Gasteiger charge is 2.16. The van der Waals surface area contributed by atoms with Crippen LogP contribution >= 0.6 is 0 Å². The van der Waals surface area contributed by atoms with Gasteiger partial charge in [-0.1, -0.05) is 6.07 Å². The summed E-state index contributed by atoms with van der Waals surface area (Å²) < 4.78 is 24.5. The molecule has 0 unspecified atom stereocenters. The number of ether oxygens (including phenoxy) is 2. The molecule has 0 aliphatic carbocycles. The SMILES string of the molecule is COCCOc1cccc(F)c1CN1CCNCC1. The third-order valence-electron chi connectivity index (χ3n) is 3.21. The Labute approximate surface area is 113 Å². The zero-order chi connectivity index (χ0) is 13.5. The van der Waals surface area contributed by atoms with Gasteiger partial charge in [0.2, 0.25) is 0 Å². The van der Waals surface area contributed by atoms with E-state index in [1.807, 2.05) is 6.07 Å². The minimum absolute atomic E-state index is 0.201. The van der Waals surface area contributed by atoms with E-state index in [4.69, 9.17) is 9.47 Å². The molecule has 1 aromatic carbocycles. The van der Waals surface area contributed by atoms with E-state index < -0.39 is 0 Å². The smallest absolute Gasteiger partial charge is 0.131 e. The average Bonchev–Trinajstić information content (AvgIpc) is 2.44. The number of nitrogens with zero attached hydrogens (tertiary/aromatic N) is 1. The van der Waals surface area contributed by atoms with E-state index >= 15 is 0 Å². The molecular weight excluding hydrogens is 247 g/mol. The molecule has 1 aromatic rings. The number of rotatable bonds is 6. The van der Waals surface area contributed by atoms with Crippen molar-refractivity contribution in [3.63, 3.8) is 0 Å². The molecule has 19 heavy (non-hydrogen) atoms. The van der Waals surface area contributed by atoms with Gasteiger partial charge in [-0.15, -0.1) is 0 Å². The fraction of sp³-hybridized carbons (Fsp3) is 0.571. The molecule has 0 aromatic heterocycles. The Morgan fingerprint density at radius 3 is 2.79 bits per heavy atom. The predicted octanol–water partition coefficient (Wildman–Crippen LogP) is 1.26. The van der Waals surface area contributed by atoms with Crippen molar-refractivity contribution in [2.75, 3.05) is 46.5 Å². The highest BCUT2D eigenvalue weighted by molar-refractivity contribution is 5.34. The second-order valence-electron chi connectivity index (χ2n) is 4.58. The third-order valence-corrected chi connectivity index (χ3v) is 3.21. The molecule has 1 N–H and O–H groups in total. The van der Waals surface area contributed by atoms with Gasteiger partial charge in [0.05, 0.1) is 6.61 Å². The number of piperazine rings is 1. The van der Waals surface area contributed by atoms with Gasteiger partial charge in [0.1, 0.15) is 18.2 Å². The Balaban J connectivity index is 2.03. The predicted molar refractivity (Wildman–Crippen MR) is 71.9 cm³/mol. The molecule has 1 aliphatic rings. The van der Waals surface area contributed by atoms with E-state index in [0.29, 0.717) is 31.1 Å². The highest BCUT2D eigenvalue weighted by atomic mass is 19.1. The van der Waals surface area contributed by atoms with E-state index in [9.17, 15) is 4.39 Å². The number of hydrogen-bond donors (Lipinski definition) is 1. The molecule has 1 saturated heterocycles. The van der Waals surface area contributed by atoms with Gasteiger partial charge in [0.25, 0.3) is 0 Å². The minimum Gasteiger partial charge on any atom is -0.491 e. The van der Waals surface area contributed by atoms with Gasteiger partial charge >= 0.3 is 0 Å². The maximum absolute atomic E-state index is 14.0. The van der Waals surface area contributed by atoms with Crippen LogP contribution in [0.5, 0.6) is 5.75 Å². The number of halogens is 1. The van der Waals surface area contributed by atoms with Crippen molar-refractivity contribution in [2.45, 2.75) is 6.54 Å². The lowest BCUT2D eigenvalue weighted by atomic mass is 10.1. The van der Waals surface area contributed by atoms with Crippen molar-refractivity contribution in [3.8, 4) is 5.75 Å². The zero-order valence-electron chi connectivity index (χ0n) is 11.3. The van der Waals surface area contributed by atoms with Crippen LogP contribution in [0.4, 0.5) is 4.39 Å². The first kappa shape index (κ1) is 14.2. The first-order valence-electron chi connectivity index (χ1n) is 6.63. The van der Waals surface area contributed by atoms with Crippen LogP contribution in [-0.2, 0) is 11.3 Å². The summed E-state index contributed by atoms with van der Waals surface area (Å²) in [7, 11) is 1.62. The van der Waals surface area contributed by atoms with Crippen LogP contribution in [0.15, 0.2) is 18.2 Å². The van der Waals surface area contributed by atoms with Crippen LogP contribution in [0.3, 0.4) is 0 Å². The van der Waals surface area contributed by atoms with Crippen molar-refractivity contribution >= 4 is 0 Å². The van der Waals surface area contributed by atoms with Crippen LogP contribution in [0, 0.1) is 5.82 Å². The summed E-state index contributed by atoms with van der Waals surface area (Å²) in [6.45, 7) is 5.31. The van der Waals surface area contributed by atoms with E-state index in [1.165, 1.54) is 6.07 Å². The summed E-state index contributed by atoms with van der Waals surface area (Å²) in [5.41, 5.74) is 0.639. The van der Waals surface area contributed by atoms with Crippen molar-refractivity contribution in [1.29, 1.82) is 0 Å². The number of nitrogens with one attached hydrogen (secondary N) is 1. The van der Waals surface area contributed by atoms with Crippen LogP contribution in [0.1, 0.15) is 5.56 Å². The molecule has 5 heteroatoms. The summed E-state index contributed by atoms with van der Waals surface area (Å²) in [6.07, 6.45) is 0. The molecule has 1 aliphatic heterocycles. The van der Waals surface area contributed by atoms with Gasteiger partial charge in [-0.2, -0.15) is 0 Å². The first-order chi connectivity index (χ1) is 9.31. The largest absolute Gasteiger partial charge is 0.491 e. The van der Waals surface area contributed by atoms with Crippen LogP contribution < -0.4 is 10.1 Å². The number of benzene rings is 1. The second-order valence-corrected chi connectivity index (χ2v) is 4.58. The molecule has 0 atom stereocenters. The van der Waals surface area contributed by atoms with Crippen LogP contribution in [0.25, 0.3) is 0 Å². The average molecular weight is 268 g/mol. The normalized spacial score (nSPS) is 16.5. The lowest BCUT2D eigenvalue weighted by Gasteiger charge is -2.28. The lowest BCUT2D eigenvalue weighted by Crippen LogP contribution is -2.43. The summed E-state index contributed by atoms with van der Waals surface area (Å²) in [4.78, 5) is 2.23. The fourth-order valence-electron chi connectivity index (χ4n) is 2.16. The fourth-order valence-corrected chi connectivity index (χ4v) is 2.16. The Kier molecular flexibility index (Phi) is 5.57. The standard InChI is InChI=1S/C14H21FN2O2/c1-18-9-10-19-14-4-2-3-13(15)12(14)11-17-7-5-16-6-8-17/h2-4,16H,5-11H2,1H3. The molecule has 0 amide bonds. The minimum atomic E-state index is -0.201. The van der Waals surface area contributed by atoms with Crippen molar-refractivity contribution < 1.29 is 13.9 Å². The van der Waals surface area contributed by atoms with Gasteiger partial charge in [-0.3, -0.25) is 4.90 Å².